The third kappa shape index (κ3) is 2.76. The number of epoxide rings is 1. The minimum Gasteiger partial charge on any atom is -0.454 e. The molecule has 10 atom stereocenters. The standard InChI is InChI=1S/C28H36O7/c1-13-9-20(34-25(33)16(13)12-29)14(2)24-19(30)11-18-15-10-23-28(35-23)22(32)6-5-21(31)27(28,4)17(15)7-8-26(18,24)3/h5-6,15,17-20,22-23,29-30,32H,7-12H2,1-4H3/t15-,17+,18+,19+,20-,22+,23-,26+,27+,28-/m1/s1. The second-order valence-electron chi connectivity index (χ2n) is 12.2. The zero-order chi connectivity index (χ0) is 25.1. The van der Waals surface area contributed by atoms with Crippen LogP contribution >= 0.6 is 0 Å². The summed E-state index contributed by atoms with van der Waals surface area (Å²) in [7, 11) is 0. The largest absolute Gasteiger partial charge is 0.454 e. The molecule has 6 rings (SSSR count). The van der Waals surface area contributed by atoms with E-state index in [1.165, 1.54) is 6.08 Å². The number of ether oxygens (including phenoxy) is 2. The summed E-state index contributed by atoms with van der Waals surface area (Å²) in [6.07, 6.45) is 4.71. The summed E-state index contributed by atoms with van der Waals surface area (Å²) in [5, 5.41) is 31.7. The van der Waals surface area contributed by atoms with Crippen LogP contribution in [0.2, 0.25) is 0 Å². The molecule has 3 saturated carbocycles. The van der Waals surface area contributed by atoms with Gasteiger partial charge in [-0.15, -0.1) is 0 Å². The zero-order valence-corrected chi connectivity index (χ0v) is 20.9. The van der Waals surface area contributed by atoms with Crippen LogP contribution in [0.1, 0.15) is 59.8 Å². The van der Waals surface area contributed by atoms with Gasteiger partial charge in [-0.05, 0) is 92.9 Å². The number of hydrogen-bond acceptors (Lipinski definition) is 7. The van der Waals surface area contributed by atoms with Crippen molar-refractivity contribution >= 4 is 11.8 Å². The van der Waals surface area contributed by atoms with E-state index in [9.17, 15) is 24.9 Å². The summed E-state index contributed by atoms with van der Waals surface area (Å²) in [5.74, 6) is 0.0377. The van der Waals surface area contributed by atoms with Crippen LogP contribution in [0, 0.1) is 28.6 Å². The predicted octanol–water partition coefficient (Wildman–Crippen LogP) is 2.39. The molecule has 4 aliphatic carbocycles. The second kappa shape index (κ2) is 7.37. The number of ketones is 1. The Hall–Kier alpha value is -1.80. The molecule has 35 heavy (non-hydrogen) atoms. The Bertz CT molecular complexity index is 1100. The van der Waals surface area contributed by atoms with Gasteiger partial charge in [0.15, 0.2) is 5.78 Å². The normalized spacial score (nSPS) is 51.8. The average Bonchev–Trinajstić information content (AvgIpc) is 3.47. The molecule has 6 aliphatic rings. The highest BCUT2D eigenvalue weighted by molar-refractivity contribution is 5.98. The maximum absolute atomic E-state index is 13.3. The van der Waals surface area contributed by atoms with Gasteiger partial charge in [0.05, 0.1) is 29.8 Å². The number of carbonyl (C=O) groups is 2. The van der Waals surface area contributed by atoms with Crippen molar-refractivity contribution < 1.29 is 34.4 Å². The third-order valence-corrected chi connectivity index (χ3v) is 11.0. The van der Waals surface area contributed by atoms with E-state index in [1.54, 1.807) is 6.08 Å². The smallest absolute Gasteiger partial charge is 0.336 e. The molecular weight excluding hydrogens is 448 g/mol. The molecule has 1 saturated heterocycles. The van der Waals surface area contributed by atoms with Gasteiger partial charge in [-0.1, -0.05) is 12.5 Å². The molecule has 4 fully saturated rings. The number of fused-ring (bicyclic) bond motifs is 4. The van der Waals surface area contributed by atoms with Gasteiger partial charge >= 0.3 is 5.97 Å². The fraction of sp³-hybridized carbons (Fsp3) is 0.714. The Morgan fingerprint density at radius 2 is 1.91 bits per heavy atom. The molecule has 0 bridgehead atoms. The Balaban J connectivity index is 1.36. The second-order valence-corrected chi connectivity index (χ2v) is 12.2. The van der Waals surface area contributed by atoms with E-state index in [2.05, 4.69) is 6.92 Å². The highest BCUT2D eigenvalue weighted by Gasteiger charge is 2.80. The highest BCUT2D eigenvalue weighted by atomic mass is 16.6. The summed E-state index contributed by atoms with van der Waals surface area (Å²) in [4.78, 5) is 25.8. The third-order valence-electron chi connectivity index (χ3n) is 11.0. The van der Waals surface area contributed by atoms with Crippen LogP contribution in [0.25, 0.3) is 0 Å². The van der Waals surface area contributed by atoms with Crippen LogP contribution in [0.3, 0.4) is 0 Å². The molecule has 190 valence electrons. The first kappa shape index (κ1) is 23.6. The van der Waals surface area contributed by atoms with Crippen LogP contribution < -0.4 is 0 Å². The van der Waals surface area contributed by atoms with Crippen molar-refractivity contribution in [1.29, 1.82) is 0 Å². The molecule has 0 aromatic rings. The monoisotopic (exact) mass is 484 g/mol. The Morgan fingerprint density at radius 3 is 2.60 bits per heavy atom. The molecule has 0 amide bonds. The van der Waals surface area contributed by atoms with Gasteiger partial charge in [0.2, 0.25) is 0 Å². The van der Waals surface area contributed by atoms with Gasteiger partial charge in [-0.3, -0.25) is 4.79 Å². The average molecular weight is 485 g/mol. The van der Waals surface area contributed by atoms with E-state index >= 15 is 0 Å². The number of carbonyl (C=O) groups excluding carboxylic acids is 2. The molecule has 2 heterocycles. The molecule has 0 radical (unpaired) electrons. The number of rotatable bonds is 2. The van der Waals surface area contributed by atoms with Gasteiger partial charge in [0, 0.05) is 6.42 Å². The minimum absolute atomic E-state index is 0.0464. The van der Waals surface area contributed by atoms with E-state index in [4.69, 9.17) is 9.47 Å². The topological polar surface area (TPSA) is 117 Å². The molecule has 3 N–H and O–H groups in total. The van der Waals surface area contributed by atoms with E-state index in [0.29, 0.717) is 18.4 Å². The quantitative estimate of drug-likeness (QED) is 0.313. The predicted molar refractivity (Wildman–Crippen MR) is 126 cm³/mol. The number of allylic oxidation sites excluding steroid dienone is 1. The number of aliphatic hydroxyl groups is 3. The van der Waals surface area contributed by atoms with Gasteiger partial charge in [0.1, 0.15) is 17.8 Å². The van der Waals surface area contributed by atoms with Crippen molar-refractivity contribution in [2.45, 2.75) is 89.8 Å². The highest BCUT2D eigenvalue weighted by Crippen LogP contribution is 2.72. The van der Waals surface area contributed by atoms with Gasteiger partial charge < -0.3 is 24.8 Å². The minimum atomic E-state index is -0.801. The first-order chi connectivity index (χ1) is 16.5. The summed E-state index contributed by atoms with van der Waals surface area (Å²) >= 11 is 0. The lowest BCUT2D eigenvalue weighted by Gasteiger charge is -2.57. The van der Waals surface area contributed by atoms with Crippen LogP contribution in [0.4, 0.5) is 0 Å². The molecule has 0 aromatic heterocycles. The van der Waals surface area contributed by atoms with E-state index in [0.717, 1.165) is 36.0 Å². The van der Waals surface area contributed by atoms with Crippen LogP contribution in [0.15, 0.2) is 34.4 Å². The van der Waals surface area contributed by atoms with E-state index in [-0.39, 0.29) is 41.7 Å². The van der Waals surface area contributed by atoms with Crippen LogP contribution in [-0.4, -0.2) is 63.7 Å². The van der Waals surface area contributed by atoms with Gasteiger partial charge in [0.25, 0.3) is 0 Å². The van der Waals surface area contributed by atoms with Crippen molar-refractivity contribution in [3.05, 3.63) is 34.4 Å². The molecule has 0 unspecified atom stereocenters. The molecule has 1 spiro atoms. The van der Waals surface area contributed by atoms with E-state index in [1.807, 2.05) is 20.8 Å². The fourth-order valence-corrected chi connectivity index (χ4v) is 9.16. The van der Waals surface area contributed by atoms with E-state index < -0.39 is 35.3 Å². The zero-order valence-electron chi connectivity index (χ0n) is 20.9. The Labute approximate surface area is 205 Å². The van der Waals surface area contributed by atoms with Gasteiger partial charge in [-0.2, -0.15) is 0 Å². The number of hydrogen-bond donors (Lipinski definition) is 3. The van der Waals surface area contributed by atoms with Crippen LogP contribution in [0.5, 0.6) is 0 Å². The van der Waals surface area contributed by atoms with Crippen molar-refractivity contribution in [2.75, 3.05) is 6.61 Å². The maximum atomic E-state index is 13.3. The Kier molecular flexibility index (Phi) is 4.97. The lowest BCUT2D eigenvalue weighted by Crippen LogP contribution is -2.63. The molecule has 0 aromatic carbocycles. The fourth-order valence-electron chi connectivity index (χ4n) is 9.16. The SMILES string of the molecule is CC1=C(CO)C(=O)O[C@@H](C(C)=C2[C@@H](O)C[C@H]3[C@@H]4C[C@H]5O[C@]56[C@@H](O)C=CC(=O)[C@]6(C)[C@H]4CC[C@]23C)C1. The lowest BCUT2D eigenvalue weighted by molar-refractivity contribution is -0.148. The summed E-state index contributed by atoms with van der Waals surface area (Å²) < 4.78 is 11.9. The van der Waals surface area contributed by atoms with Gasteiger partial charge in [-0.25, -0.2) is 4.79 Å². The first-order valence-electron chi connectivity index (χ1n) is 13.0. The molecule has 7 nitrogen and oxygen atoms in total. The number of esters is 1. The summed E-state index contributed by atoms with van der Waals surface area (Å²) in [5.41, 5.74) is 1.23. The van der Waals surface area contributed by atoms with Crippen molar-refractivity contribution in [3.8, 4) is 0 Å². The van der Waals surface area contributed by atoms with Crippen molar-refractivity contribution in [2.24, 2.45) is 28.6 Å². The molecular formula is C28H36O7. The number of aliphatic hydroxyl groups excluding tert-OH is 3. The van der Waals surface area contributed by atoms with Crippen molar-refractivity contribution in [3.63, 3.8) is 0 Å². The number of cyclic esters (lactones) is 1. The maximum Gasteiger partial charge on any atom is 0.336 e. The molecule has 2 aliphatic heterocycles. The first-order valence-corrected chi connectivity index (χ1v) is 13.0. The summed E-state index contributed by atoms with van der Waals surface area (Å²) in [6.45, 7) is 7.71. The Morgan fingerprint density at radius 1 is 1.17 bits per heavy atom. The van der Waals surface area contributed by atoms with Crippen molar-refractivity contribution in [1.82, 2.24) is 0 Å². The lowest BCUT2D eigenvalue weighted by atomic mass is 9.45. The molecule has 7 heteroatoms. The summed E-state index contributed by atoms with van der Waals surface area (Å²) in [6, 6.07) is 0. The van der Waals surface area contributed by atoms with Crippen LogP contribution in [-0.2, 0) is 19.1 Å².